The second-order valence-electron chi connectivity index (χ2n) is 4.62. The minimum Gasteiger partial charge on any atom is -0.462 e. The third-order valence-corrected chi connectivity index (χ3v) is 3.21. The number of ether oxygens (including phenoxy) is 2. The molecular weight excluding hydrogens is 268 g/mol. The molecule has 0 spiro atoms. The highest BCUT2D eigenvalue weighted by Gasteiger charge is 2.44. The van der Waals surface area contributed by atoms with Crippen LogP contribution in [0.5, 0.6) is 5.75 Å². The van der Waals surface area contributed by atoms with Crippen LogP contribution in [0.4, 0.5) is 0 Å². The van der Waals surface area contributed by atoms with E-state index in [9.17, 15) is 15.3 Å². The van der Waals surface area contributed by atoms with Crippen LogP contribution < -0.4 is 4.74 Å². The Morgan fingerprint density at radius 2 is 1.60 bits per heavy atom. The fraction of sp³-hybridized carbons (Fsp3) is 0.538. The smallest absolute Gasteiger partial charge is 0.229 e. The molecule has 1 heterocycles. The molecule has 1 aliphatic rings. The van der Waals surface area contributed by atoms with E-state index < -0.39 is 37.3 Å². The summed E-state index contributed by atoms with van der Waals surface area (Å²) in [5.74, 6) is 0.367. The largest absolute Gasteiger partial charge is 0.462 e. The summed E-state index contributed by atoms with van der Waals surface area (Å²) >= 11 is 0. The number of aliphatic hydroxyl groups excluding tert-OH is 5. The van der Waals surface area contributed by atoms with Crippen LogP contribution in [0.15, 0.2) is 24.3 Å². The summed E-state index contributed by atoms with van der Waals surface area (Å²) in [6.07, 6.45) is -6.53. The quantitative estimate of drug-likeness (QED) is 0.450. The topological polar surface area (TPSA) is 120 Å². The molecule has 0 radical (unpaired) electrons. The third kappa shape index (κ3) is 3.09. The molecule has 7 heteroatoms. The first kappa shape index (κ1) is 15.2. The first-order valence-electron chi connectivity index (χ1n) is 6.23. The van der Waals surface area contributed by atoms with Crippen LogP contribution in [0.1, 0.15) is 5.56 Å². The fourth-order valence-corrected chi connectivity index (χ4v) is 1.97. The molecule has 0 saturated carbocycles. The summed E-state index contributed by atoms with van der Waals surface area (Å²) in [5, 5.41) is 47.0. The zero-order valence-corrected chi connectivity index (χ0v) is 10.7. The lowest BCUT2D eigenvalue weighted by molar-refractivity contribution is -0.277. The lowest BCUT2D eigenvalue weighted by atomic mass is 9.99. The van der Waals surface area contributed by atoms with Crippen LogP contribution in [0, 0.1) is 0 Å². The van der Waals surface area contributed by atoms with Crippen LogP contribution in [-0.2, 0) is 11.3 Å². The number of rotatable bonds is 4. The van der Waals surface area contributed by atoms with Crippen LogP contribution in [0.3, 0.4) is 0 Å². The molecule has 0 aromatic heterocycles. The predicted octanol–water partition coefficient (Wildman–Crippen LogP) is -1.64. The van der Waals surface area contributed by atoms with Gasteiger partial charge in [0.25, 0.3) is 0 Å². The van der Waals surface area contributed by atoms with Crippen LogP contribution in [0.2, 0.25) is 0 Å². The molecule has 0 unspecified atom stereocenters. The third-order valence-electron chi connectivity index (χ3n) is 3.21. The maximum atomic E-state index is 9.80. The average Bonchev–Trinajstić information content (AvgIpc) is 2.48. The SMILES string of the molecule is OCc1ccc(O[C@@H]2O[C@@H](CO)[C@@H](O)[C@H](O)[C@H]2O)cc1. The van der Waals surface area contributed by atoms with Gasteiger partial charge in [0.2, 0.25) is 6.29 Å². The number of benzene rings is 1. The summed E-state index contributed by atoms with van der Waals surface area (Å²) in [4.78, 5) is 0. The van der Waals surface area contributed by atoms with Gasteiger partial charge in [-0.1, -0.05) is 12.1 Å². The lowest BCUT2D eigenvalue weighted by Gasteiger charge is -2.39. The summed E-state index contributed by atoms with van der Waals surface area (Å²) < 4.78 is 10.6. The van der Waals surface area contributed by atoms with Gasteiger partial charge in [0, 0.05) is 0 Å². The van der Waals surface area contributed by atoms with Crippen LogP contribution >= 0.6 is 0 Å². The Morgan fingerprint density at radius 3 is 2.15 bits per heavy atom. The molecule has 2 rings (SSSR count). The van der Waals surface area contributed by atoms with Crippen LogP contribution in [-0.4, -0.2) is 62.8 Å². The highest BCUT2D eigenvalue weighted by atomic mass is 16.7. The molecule has 20 heavy (non-hydrogen) atoms. The van der Waals surface area contributed by atoms with Crippen molar-refractivity contribution in [3.63, 3.8) is 0 Å². The van der Waals surface area contributed by atoms with Gasteiger partial charge >= 0.3 is 0 Å². The number of hydrogen-bond acceptors (Lipinski definition) is 7. The van der Waals surface area contributed by atoms with E-state index in [0.29, 0.717) is 11.3 Å². The first-order chi connectivity index (χ1) is 9.56. The summed E-state index contributed by atoms with van der Waals surface area (Å²) in [6.45, 7) is -0.603. The van der Waals surface area contributed by atoms with E-state index in [1.807, 2.05) is 0 Å². The molecule has 1 aliphatic heterocycles. The second kappa shape index (κ2) is 6.49. The summed E-state index contributed by atoms with van der Waals surface area (Å²) in [7, 11) is 0. The average molecular weight is 286 g/mol. The Kier molecular flexibility index (Phi) is 4.92. The van der Waals surface area contributed by atoms with Crippen molar-refractivity contribution in [1.82, 2.24) is 0 Å². The highest BCUT2D eigenvalue weighted by Crippen LogP contribution is 2.24. The van der Waals surface area contributed by atoms with Crippen molar-refractivity contribution in [2.75, 3.05) is 6.61 Å². The molecule has 0 aliphatic carbocycles. The molecule has 1 fully saturated rings. The van der Waals surface area contributed by atoms with Gasteiger partial charge in [-0.2, -0.15) is 0 Å². The molecular formula is C13H18O7. The van der Waals surface area contributed by atoms with E-state index in [2.05, 4.69) is 0 Å². The second-order valence-corrected chi connectivity index (χ2v) is 4.62. The molecule has 1 aromatic carbocycles. The molecule has 5 N–H and O–H groups in total. The van der Waals surface area contributed by atoms with Crippen molar-refractivity contribution >= 4 is 0 Å². The summed E-state index contributed by atoms with van der Waals surface area (Å²) in [5.41, 5.74) is 0.700. The zero-order chi connectivity index (χ0) is 14.7. The number of aliphatic hydroxyl groups is 5. The first-order valence-corrected chi connectivity index (χ1v) is 6.23. The normalized spacial score (nSPS) is 34.0. The molecule has 5 atom stereocenters. The van der Waals surface area contributed by atoms with E-state index in [0.717, 1.165) is 0 Å². The Labute approximate surface area is 115 Å². The van der Waals surface area contributed by atoms with Crippen molar-refractivity contribution in [1.29, 1.82) is 0 Å². The van der Waals surface area contributed by atoms with Crippen molar-refractivity contribution < 1.29 is 35.0 Å². The minimum atomic E-state index is -1.47. The van der Waals surface area contributed by atoms with Gasteiger partial charge in [0.05, 0.1) is 13.2 Å². The Bertz CT molecular complexity index is 419. The van der Waals surface area contributed by atoms with E-state index in [-0.39, 0.29) is 6.61 Å². The predicted molar refractivity (Wildman–Crippen MR) is 66.8 cm³/mol. The molecule has 0 bridgehead atoms. The molecule has 1 aromatic rings. The van der Waals surface area contributed by atoms with E-state index in [4.69, 9.17) is 19.7 Å². The van der Waals surface area contributed by atoms with Crippen molar-refractivity contribution in [2.45, 2.75) is 37.3 Å². The highest BCUT2D eigenvalue weighted by molar-refractivity contribution is 5.27. The van der Waals surface area contributed by atoms with Gasteiger partial charge in [0.15, 0.2) is 0 Å². The van der Waals surface area contributed by atoms with E-state index >= 15 is 0 Å². The van der Waals surface area contributed by atoms with Crippen molar-refractivity contribution in [3.8, 4) is 5.75 Å². The maximum absolute atomic E-state index is 9.80. The minimum absolute atomic E-state index is 0.0969. The van der Waals surface area contributed by atoms with Crippen molar-refractivity contribution in [3.05, 3.63) is 29.8 Å². The van der Waals surface area contributed by atoms with Gasteiger partial charge in [-0.15, -0.1) is 0 Å². The monoisotopic (exact) mass is 286 g/mol. The van der Waals surface area contributed by atoms with Crippen LogP contribution in [0.25, 0.3) is 0 Å². The zero-order valence-electron chi connectivity index (χ0n) is 10.7. The Balaban J connectivity index is 2.06. The number of hydrogen-bond donors (Lipinski definition) is 5. The molecule has 112 valence electrons. The fourth-order valence-electron chi connectivity index (χ4n) is 1.97. The standard InChI is InChI=1S/C13H18O7/c14-5-7-1-3-8(4-2-7)19-13-12(18)11(17)10(16)9(6-15)20-13/h1-4,9-18H,5-6H2/t9-,10+,11-,12+,13+/m0/s1. The van der Waals surface area contributed by atoms with Gasteiger partial charge in [-0.25, -0.2) is 0 Å². The molecule has 1 saturated heterocycles. The van der Waals surface area contributed by atoms with Gasteiger partial charge in [-0.3, -0.25) is 0 Å². The Morgan fingerprint density at radius 1 is 0.950 bits per heavy atom. The lowest BCUT2D eigenvalue weighted by Crippen LogP contribution is -2.60. The van der Waals surface area contributed by atoms with E-state index in [1.54, 1.807) is 24.3 Å². The Hall–Kier alpha value is -1.22. The maximum Gasteiger partial charge on any atom is 0.229 e. The van der Waals surface area contributed by atoms with Crippen molar-refractivity contribution in [2.24, 2.45) is 0 Å². The van der Waals surface area contributed by atoms with Gasteiger partial charge in [0.1, 0.15) is 30.2 Å². The van der Waals surface area contributed by atoms with E-state index in [1.165, 1.54) is 0 Å². The molecule has 0 amide bonds. The molecule has 7 nitrogen and oxygen atoms in total. The van der Waals surface area contributed by atoms with Gasteiger partial charge in [-0.05, 0) is 17.7 Å². The van der Waals surface area contributed by atoms with Gasteiger partial charge < -0.3 is 35.0 Å². The summed E-state index contributed by atoms with van der Waals surface area (Å²) in [6, 6.07) is 6.43.